The van der Waals surface area contributed by atoms with E-state index in [0.29, 0.717) is 18.8 Å². The molecule has 0 bridgehead atoms. The van der Waals surface area contributed by atoms with Crippen LogP contribution in [0.3, 0.4) is 0 Å². The molecule has 1 aliphatic heterocycles. The molecule has 0 aliphatic carbocycles. The first-order valence-electron chi connectivity index (χ1n) is 7.06. The summed E-state index contributed by atoms with van der Waals surface area (Å²) in [6.07, 6.45) is 0.547. The predicted octanol–water partition coefficient (Wildman–Crippen LogP) is 2.09. The van der Waals surface area contributed by atoms with Gasteiger partial charge in [0.2, 0.25) is 11.9 Å². The van der Waals surface area contributed by atoms with E-state index in [2.05, 4.69) is 9.97 Å². The average molecular weight is 336 g/mol. The largest absolute Gasteiger partial charge is 0.368 e. The topological polar surface area (TPSA) is 75.4 Å². The molecular weight excluding hydrogens is 321 g/mol. The van der Waals surface area contributed by atoms with Gasteiger partial charge in [-0.1, -0.05) is 23.7 Å². The molecule has 1 aromatic heterocycles. The highest BCUT2D eigenvalue weighted by molar-refractivity contribution is 6.29. The molecule has 1 aromatic carbocycles. The average Bonchev–Trinajstić information content (AvgIpc) is 2.87. The van der Waals surface area contributed by atoms with Crippen molar-refractivity contribution in [2.45, 2.75) is 12.5 Å². The lowest BCUT2D eigenvalue weighted by Crippen LogP contribution is -2.40. The van der Waals surface area contributed by atoms with E-state index in [9.17, 15) is 9.18 Å². The van der Waals surface area contributed by atoms with Crippen LogP contribution < -0.4 is 15.5 Å². The van der Waals surface area contributed by atoms with Crippen molar-refractivity contribution in [2.75, 3.05) is 29.1 Å². The number of hydrogen-bond donors (Lipinski definition) is 1. The van der Waals surface area contributed by atoms with Crippen LogP contribution in [0.25, 0.3) is 0 Å². The number of para-hydroxylation sites is 1. The highest BCUT2D eigenvalue weighted by atomic mass is 35.5. The summed E-state index contributed by atoms with van der Waals surface area (Å²) >= 11 is 5.88. The fraction of sp³-hybridized carbons (Fsp3) is 0.267. The number of carbonyl (C=O) groups is 1. The molecule has 2 N–H and O–H groups in total. The fourth-order valence-corrected chi connectivity index (χ4v) is 2.88. The first-order valence-corrected chi connectivity index (χ1v) is 7.44. The zero-order valence-electron chi connectivity index (χ0n) is 12.4. The van der Waals surface area contributed by atoms with Gasteiger partial charge >= 0.3 is 0 Å². The van der Waals surface area contributed by atoms with E-state index in [1.807, 2.05) is 0 Å². The second-order valence-electron chi connectivity index (χ2n) is 5.26. The summed E-state index contributed by atoms with van der Waals surface area (Å²) in [7, 11) is 1.73. The molecule has 1 amide bonds. The minimum Gasteiger partial charge on any atom is -0.368 e. The second kappa shape index (κ2) is 6.00. The van der Waals surface area contributed by atoms with Gasteiger partial charge in [-0.15, -0.1) is 0 Å². The van der Waals surface area contributed by atoms with Gasteiger partial charge in [0.1, 0.15) is 22.8 Å². The molecule has 0 radical (unpaired) electrons. The van der Waals surface area contributed by atoms with Crippen LogP contribution in [0.5, 0.6) is 0 Å². The number of benzene rings is 1. The van der Waals surface area contributed by atoms with Gasteiger partial charge in [0.25, 0.3) is 0 Å². The molecule has 1 saturated heterocycles. The molecule has 1 atom stereocenters. The quantitative estimate of drug-likeness (QED) is 0.869. The Labute approximate surface area is 137 Å². The van der Waals surface area contributed by atoms with Crippen molar-refractivity contribution >= 4 is 35.0 Å². The van der Waals surface area contributed by atoms with Crippen LogP contribution in [0, 0.1) is 5.82 Å². The Morgan fingerprint density at radius 2 is 2.13 bits per heavy atom. The van der Waals surface area contributed by atoms with E-state index in [1.54, 1.807) is 30.1 Å². The minimum atomic E-state index is -0.458. The van der Waals surface area contributed by atoms with Gasteiger partial charge in [-0.3, -0.25) is 4.79 Å². The summed E-state index contributed by atoms with van der Waals surface area (Å²) in [5.41, 5.74) is 5.88. The van der Waals surface area contributed by atoms with Crippen LogP contribution in [-0.4, -0.2) is 35.5 Å². The van der Waals surface area contributed by atoms with Crippen molar-refractivity contribution in [3.63, 3.8) is 0 Å². The zero-order valence-corrected chi connectivity index (χ0v) is 13.2. The van der Waals surface area contributed by atoms with E-state index < -0.39 is 11.9 Å². The van der Waals surface area contributed by atoms with E-state index >= 15 is 0 Å². The number of halogens is 2. The lowest BCUT2D eigenvalue weighted by atomic mass is 10.2. The van der Waals surface area contributed by atoms with Gasteiger partial charge in [-0.2, -0.15) is 4.98 Å². The predicted molar refractivity (Wildman–Crippen MR) is 87.0 cm³/mol. The Bertz CT molecular complexity index is 736. The number of hydrogen-bond acceptors (Lipinski definition) is 5. The monoisotopic (exact) mass is 335 g/mol. The Kier molecular flexibility index (Phi) is 4.04. The molecule has 0 unspecified atom stereocenters. The van der Waals surface area contributed by atoms with E-state index in [1.165, 1.54) is 17.0 Å². The lowest BCUT2D eigenvalue weighted by Gasteiger charge is -2.25. The molecule has 8 heteroatoms. The summed E-state index contributed by atoms with van der Waals surface area (Å²) in [6, 6.07) is 7.30. The van der Waals surface area contributed by atoms with Crippen LogP contribution in [-0.2, 0) is 4.79 Å². The van der Waals surface area contributed by atoms with Crippen LogP contribution in [0.15, 0.2) is 30.3 Å². The first kappa shape index (κ1) is 15.5. The molecule has 0 spiro atoms. The molecule has 2 aromatic rings. The van der Waals surface area contributed by atoms with Crippen molar-refractivity contribution in [1.29, 1.82) is 0 Å². The number of nitrogens with two attached hydrogens (primary N) is 1. The Morgan fingerprint density at radius 3 is 2.83 bits per heavy atom. The van der Waals surface area contributed by atoms with Gasteiger partial charge in [0.05, 0.1) is 5.69 Å². The number of nitrogens with zero attached hydrogens (tertiary/aromatic N) is 4. The first-order chi connectivity index (χ1) is 11.0. The Hall–Kier alpha value is -2.41. The van der Waals surface area contributed by atoms with E-state index in [4.69, 9.17) is 17.3 Å². The zero-order chi connectivity index (χ0) is 16.6. The highest BCUT2D eigenvalue weighted by Crippen LogP contribution is 2.28. The molecule has 6 nitrogen and oxygen atoms in total. The van der Waals surface area contributed by atoms with Crippen molar-refractivity contribution in [3.8, 4) is 0 Å². The summed E-state index contributed by atoms with van der Waals surface area (Å²) in [6.45, 7) is 0.434. The number of aromatic nitrogens is 2. The number of nitrogen functional groups attached to an aromatic ring is 1. The summed E-state index contributed by atoms with van der Waals surface area (Å²) in [4.78, 5) is 23.7. The lowest BCUT2D eigenvalue weighted by molar-refractivity contribution is -0.118. The normalized spacial score (nSPS) is 17.6. The third-order valence-electron chi connectivity index (χ3n) is 3.85. The summed E-state index contributed by atoms with van der Waals surface area (Å²) < 4.78 is 13.9. The molecule has 0 saturated carbocycles. The summed E-state index contributed by atoms with van der Waals surface area (Å²) in [5.74, 6) is -0.114. The van der Waals surface area contributed by atoms with Gasteiger partial charge in [-0.05, 0) is 18.6 Å². The number of anilines is 3. The fourth-order valence-electron chi connectivity index (χ4n) is 2.70. The third kappa shape index (κ3) is 2.92. The van der Waals surface area contributed by atoms with Crippen LogP contribution in [0.1, 0.15) is 6.42 Å². The van der Waals surface area contributed by atoms with Crippen LogP contribution in [0.2, 0.25) is 5.15 Å². The molecule has 2 heterocycles. The van der Waals surface area contributed by atoms with Gasteiger partial charge in [-0.25, -0.2) is 9.37 Å². The van der Waals surface area contributed by atoms with E-state index in [-0.39, 0.29) is 22.7 Å². The molecule has 1 fully saturated rings. The smallest absolute Gasteiger partial charge is 0.249 e. The maximum Gasteiger partial charge on any atom is 0.249 e. The molecule has 3 rings (SSSR count). The molecular formula is C15H15ClFN5O. The van der Waals surface area contributed by atoms with Crippen LogP contribution >= 0.6 is 11.6 Å². The van der Waals surface area contributed by atoms with Crippen molar-refractivity contribution in [2.24, 2.45) is 0 Å². The van der Waals surface area contributed by atoms with Gasteiger partial charge < -0.3 is 15.5 Å². The molecule has 1 aliphatic rings. The standard InChI is InChI=1S/C15H15ClFN5O/c1-21(13-8-12(16)19-15(18)20-13)11-6-7-22(14(11)23)10-5-3-2-4-9(10)17/h2-5,8,11H,6-7H2,1H3,(H2,18,19,20)/t11-/m1/s1. The van der Waals surface area contributed by atoms with Crippen LogP contribution in [0.4, 0.5) is 21.8 Å². The number of rotatable bonds is 3. The van der Waals surface area contributed by atoms with Crippen molar-refractivity contribution in [3.05, 3.63) is 41.3 Å². The molecule has 23 heavy (non-hydrogen) atoms. The number of likely N-dealkylation sites (N-methyl/N-ethyl adjacent to an activating group) is 1. The third-order valence-corrected chi connectivity index (χ3v) is 4.04. The van der Waals surface area contributed by atoms with E-state index in [0.717, 1.165) is 0 Å². The maximum absolute atomic E-state index is 13.9. The molecule has 120 valence electrons. The Morgan fingerprint density at radius 1 is 1.39 bits per heavy atom. The number of amides is 1. The second-order valence-corrected chi connectivity index (χ2v) is 5.65. The number of carbonyl (C=O) groups excluding carboxylic acids is 1. The SMILES string of the molecule is CN(c1cc(Cl)nc(N)n1)[C@@H]1CCN(c2ccccc2F)C1=O. The highest BCUT2D eigenvalue weighted by Gasteiger charge is 2.37. The maximum atomic E-state index is 13.9. The summed E-state index contributed by atoms with van der Waals surface area (Å²) in [5, 5.41) is 0.204. The van der Waals surface area contributed by atoms with Crippen molar-refractivity contribution in [1.82, 2.24) is 9.97 Å². The Balaban J connectivity index is 1.85. The van der Waals surface area contributed by atoms with Gasteiger partial charge in [0, 0.05) is 19.7 Å². The minimum absolute atomic E-state index is 0.0377. The van der Waals surface area contributed by atoms with Crippen molar-refractivity contribution < 1.29 is 9.18 Å². The van der Waals surface area contributed by atoms with Gasteiger partial charge in [0.15, 0.2) is 0 Å².